The first kappa shape index (κ1) is 15.7. The molecule has 0 amide bonds. The van der Waals surface area contributed by atoms with Crippen LogP contribution in [0.2, 0.25) is 0 Å². The summed E-state index contributed by atoms with van der Waals surface area (Å²) in [6, 6.07) is 4.46. The summed E-state index contributed by atoms with van der Waals surface area (Å²) < 4.78 is 34.0. The SMILES string of the molecule is Cn1c(=O)ccn(Cc2cc(-c3cc(F)c(O)c(F)c3)no2)c1=O. The number of phenols is 1. The van der Waals surface area contributed by atoms with Gasteiger partial charge in [-0.15, -0.1) is 0 Å². The van der Waals surface area contributed by atoms with Gasteiger partial charge in [-0.3, -0.25) is 13.9 Å². The molecule has 1 N–H and O–H groups in total. The van der Waals surface area contributed by atoms with Crippen LogP contribution in [0.3, 0.4) is 0 Å². The fourth-order valence-electron chi connectivity index (χ4n) is 2.14. The summed E-state index contributed by atoms with van der Waals surface area (Å²) in [5, 5.41) is 12.8. The van der Waals surface area contributed by atoms with Crippen LogP contribution in [0.25, 0.3) is 11.3 Å². The van der Waals surface area contributed by atoms with Crippen LogP contribution in [0.15, 0.2) is 44.6 Å². The van der Waals surface area contributed by atoms with Crippen molar-refractivity contribution in [2.75, 3.05) is 0 Å². The maximum absolute atomic E-state index is 13.4. The first-order chi connectivity index (χ1) is 11.4. The number of nitrogens with zero attached hydrogens (tertiary/aromatic N) is 3. The van der Waals surface area contributed by atoms with Crippen LogP contribution < -0.4 is 11.2 Å². The third-order valence-corrected chi connectivity index (χ3v) is 3.46. The maximum Gasteiger partial charge on any atom is 0.331 e. The molecule has 1 aromatic carbocycles. The standard InChI is InChI=1S/C15H11F2N3O4/c1-19-13(21)2-3-20(15(19)23)7-9-6-12(18-24-9)8-4-10(16)14(22)11(17)5-8/h2-6,22H,7H2,1H3. The van der Waals surface area contributed by atoms with Gasteiger partial charge in [-0.25, -0.2) is 13.6 Å². The van der Waals surface area contributed by atoms with Gasteiger partial charge in [0, 0.05) is 30.9 Å². The van der Waals surface area contributed by atoms with Crippen molar-refractivity contribution in [3.63, 3.8) is 0 Å². The van der Waals surface area contributed by atoms with Crippen molar-refractivity contribution in [1.29, 1.82) is 0 Å². The van der Waals surface area contributed by atoms with Crippen molar-refractivity contribution in [2.45, 2.75) is 6.54 Å². The number of rotatable bonds is 3. The van der Waals surface area contributed by atoms with E-state index < -0.39 is 28.6 Å². The third kappa shape index (κ3) is 2.71. The first-order valence-electron chi connectivity index (χ1n) is 6.77. The Morgan fingerprint density at radius 1 is 1.21 bits per heavy atom. The molecule has 9 heteroatoms. The van der Waals surface area contributed by atoms with Crippen molar-refractivity contribution in [1.82, 2.24) is 14.3 Å². The lowest BCUT2D eigenvalue weighted by atomic mass is 10.1. The Kier molecular flexibility index (Phi) is 3.76. The molecule has 0 spiro atoms. The van der Waals surface area contributed by atoms with Gasteiger partial charge in [-0.2, -0.15) is 0 Å². The minimum Gasteiger partial charge on any atom is -0.503 e. The quantitative estimate of drug-likeness (QED) is 0.777. The van der Waals surface area contributed by atoms with Crippen LogP contribution >= 0.6 is 0 Å². The van der Waals surface area contributed by atoms with Gasteiger partial charge in [-0.1, -0.05) is 5.16 Å². The zero-order valence-electron chi connectivity index (χ0n) is 12.4. The minimum absolute atomic E-state index is 0.0109. The molecule has 0 saturated carbocycles. The van der Waals surface area contributed by atoms with Crippen LogP contribution in [0, 0.1) is 11.6 Å². The first-order valence-corrected chi connectivity index (χ1v) is 6.77. The average molecular weight is 335 g/mol. The van der Waals surface area contributed by atoms with Gasteiger partial charge in [-0.05, 0) is 12.1 Å². The lowest BCUT2D eigenvalue weighted by molar-refractivity contribution is 0.374. The van der Waals surface area contributed by atoms with Gasteiger partial charge in [0.15, 0.2) is 23.1 Å². The summed E-state index contributed by atoms with van der Waals surface area (Å²) in [6.45, 7) is -0.0109. The van der Waals surface area contributed by atoms with Gasteiger partial charge in [0.25, 0.3) is 5.56 Å². The molecule has 0 radical (unpaired) electrons. The summed E-state index contributed by atoms with van der Waals surface area (Å²) in [6.07, 6.45) is 1.31. The molecular formula is C15H11F2N3O4. The number of aromatic nitrogens is 3. The lowest BCUT2D eigenvalue weighted by Gasteiger charge is -2.03. The van der Waals surface area contributed by atoms with E-state index in [4.69, 9.17) is 9.63 Å². The van der Waals surface area contributed by atoms with Crippen LogP contribution in [0.5, 0.6) is 5.75 Å². The van der Waals surface area contributed by atoms with E-state index >= 15 is 0 Å². The van der Waals surface area contributed by atoms with Crippen molar-refractivity contribution in [3.05, 3.63) is 68.7 Å². The zero-order valence-corrected chi connectivity index (χ0v) is 12.4. The highest BCUT2D eigenvalue weighted by Crippen LogP contribution is 2.27. The van der Waals surface area contributed by atoms with Crippen molar-refractivity contribution >= 4 is 0 Å². The topological polar surface area (TPSA) is 90.3 Å². The second-order valence-electron chi connectivity index (χ2n) is 5.09. The molecule has 124 valence electrons. The molecule has 24 heavy (non-hydrogen) atoms. The van der Waals surface area contributed by atoms with E-state index in [1.807, 2.05) is 0 Å². The van der Waals surface area contributed by atoms with E-state index in [-0.39, 0.29) is 23.6 Å². The molecule has 0 aliphatic heterocycles. The predicted octanol–water partition coefficient (Wildman–Crippen LogP) is 1.23. The van der Waals surface area contributed by atoms with Crippen LogP contribution in [0.1, 0.15) is 5.76 Å². The molecule has 2 heterocycles. The Hall–Kier alpha value is -3.23. The molecule has 0 saturated heterocycles. The molecule has 7 nitrogen and oxygen atoms in total. The highest BCUT2D eigenvalue weighted by molar-refractivity contribution is 5.60. The van der Waals surface area contributed by atoms with Gasteiger partial charge >= 0.3 is 5.69 Å². The molecule has 0 aliphatic carbocycles. The molecule has 0 aliphatic rings. The zero-order chi connectivity index (χ0) is 17.4. The molecule has 2 aromatic heterocycles. The largest absolute Gasteiger partial charge is 0.503 e. The van der Waals surface area contributed by atoms with E-state index in [0.717, 1.165) is 16.7 Å². The minimum atomic E-state index is -1.12. The number of hydrogen-bond donors (Lipinski definition) is 1. The lowest BCUT2D eigenvalue weighted by Crippen LogP contribution is -2.36. The number of halogens is 2. The molecule has 3 rings (SSSR count). The monoisotopic (exact) mass is 335 g/mol. The molecule has 0 atom stereocenters. The molecular weight excluding hydrogens is 324 g/mol. The number of phenolic OH excluding ortho intramolecular Hbond substituents is 1. The van der Waals surface area contributed by atoms with Gasteiger partial charge in [0.2, 0.25) is 0 Å². The van der Waals surface area contributed by atoms with E-state index in [9.17, 15) is 18.4 Å². The molecule has 0 bridgehead atoms. The maximum atomic E-state index is 13.4. The van der Waals surface area contributed by atoms with Crippen molar-refractivity contribution < 1.29 is 18.4 Å². The smallest absolute Gasteiger partial charge is 0.331 e. The van der Waals surface area contributed by atoms with Crippen LogP contribution in [-0.4, -0.2) is 19.4 Å². The highest BCUT2D eigenvalue weighted by Gasteiger charge is 2.14. The number of aromatic hydroxyl groups is 1. The molecule has 0 fully saturated rings. The normalized spacial score (nSPS) is 11.0. The Balaban J connectivity index is 1.93. The van der Waals surface area contributed by atoms with Gasteiger partial charge in [0.05, 0.1) is 6.54 Å². The predicted molar refractivity (Wildman–Crippen MR) is 78.6 cm³/mol. The molecule has 3 aromatic rings. The van der Waals surface area contributed by atoms with Gasteiger partial charge < -0.3 is 9.63 Å². The summed E-state index contributed by atoms with van der Waals surface area (Å²) >= 11 is 0. The Morgan fingerprint density at radius 2 is 1.88 bits per heavy atom. The van der Waals surface area contributed by atoms with E-state index in [0.29, 0.717) is 0 Å². The van der Waals surface area contributed by atoms with Crippen molar-refractivity contribution in [2.24, 2.45) is 7.05 Å². The van der Waals surface area contributed by atoms with Crippen molar-refractivity contribution in [3.8, 4) is 17.0 Å². The summed E-state index contributed by atoms with van der Waals surface area (Å²) in [4.78, 5) is 23.3. The summed E-state index contributed by atoms with van der Waals surface area (Å²) in [5.74, 6) is -3.06. The Bertz CT molecular complexity index is 1010. The second kappa shape index (κ2) is 5.76. The number of hydrogen-bond acceptors (Lipinski definition) is 5. The Morgan fingerprint density at radius 3 is 2.54 bits per heavy atom. The van der Waals surface area contributed by atoms with Crippen LogP contribution in [0.4, 0.5) is 8.78 Å². The second-order valence-corrected chi connectivity index (χ2v) is 5.09. The Labute approximate surface area is 133 Å². The fraction of sp³-hybridized carbons (Fsp3) is 0.133. The van der Waals surface area contributed by atoms with Crippen LogP contribution in [-0.2, 0) is 13.6 Å². The fourth-order valence-corrected chi connectivity index (χ4v) is 2.14. The van der Waals surface area contributed by atoms with E-state index in [2.05, 4.69) is 5.16 Å². The summed E-state index contributed by atoms with van der Waals surface area (Å²) in [7, 11) is 1.34. The van der Waals surface area contributed by atoms with E-state index in [1.165, 1.54) is 29.9 Å². The molecule has 0 unspecified atom stereocenters. The average Bonchev–Trinajstić information content (AvgIpc) is 3.01. The van der Waals surface area contributed by atoms with Gasteiger partial charge in [0.1, 0.15) is 5.69 Å². The summed E-state index contributed by atoms with van der Waals surface area (Å²) in [5.41, 5.74) is -0.766. The third-order valence-electron chi connectivity index (χ3n) is 3.46. The van der Waals surface area contributed by atoms with E-state index in [1.54, 1.807) is 0 Å². The number of benzene rings is 1. The highest BCUT2D eigenvalue weighted by atomic mass is 19.1.